The number of rotatable bonds is 8. The first-order valence-corrected chi connectivity index (χ1v) is 14.1. The molecule has 10 nitrogen and oxygen atoms in total. The molecule has 1 aromatic carbocycles. The average molecular weight is 544 g/mol. The fourth-order valence-electron chi connectivity index (χ4n) is 5.90. The Kier molecular flexibility index (Phi) is 7.76. The van der Waals surface area contributed by atoms with Crippen LogP contribution in [0.3, 0.4) is 0 Å². The number of amides is 1. The van der Waals surface area contributed by atoms with Gasteiger partial charge in [-0.2, -0.15) is 0 Å². The minimum Gasteiger partial charge on any atom is -0.465 e. The molecule has 5 rings (SSSR count). The molecule has 1 amide bonds. The molecule has 0 radical (unpaired) electrons. The lowest BCUT2D eigenvalue weighted by atomic mass is 9.80. The second kappa shape index (κ2) is 11.3. The molecule has 0 saturated heterocycles. The number of aromatic nitrogens is 4. The molecule has 2 aromatic heterocycles. The van der Waals surface area contributed by atoms with Gasteiger partial charge in [0, 0.05) is 18.5 Å². The summed E-state index contributed by atoms with van der Waals surface area (Å²) in [5.74, 6) is 4.40. The van der Waals surface area contributed by atoms with E-state index in [1.165, 1.54) is 6.42 Å². The second-order valence-electron chi connectivity index (χ2n) is 11.4. The molecule has 0 bridgehead atoms. The van der Waals surface area contributed by atoms with Crippen LogP contribution in [0.2, 0.25) is 0 Å². The lowest BCUT2D eigenvalue weighted by Crippen LogP contribution is -2.33. The van der Waals surface area contributed by atoms with Crippen LogP contribution in [-0.2, 0) is 12.1 Å². The zero-order valence-electron chi connectivity index (χ0n) is 23.0. The van der Waals surface area contributed by atoms with Gasteiger partial charge in [0.2, 0.25) is 0 Å². The van der Waals surface area contributed by atoms with E-state index in [0.717, 1.165) is 38.5 Å². The van der Waals surface area contributed by atoms with E-state index in [2.05, 4.69) is 28.1 Å². The molecular formula is C30H37N7O3. The highest BCUT2D eigenvalue weighted by molar-refractivity contribution is 6.03. The van der Waals surface area contributed by atoms with Gasteiger partial charge in [-0.15, -0.1) is 12.3 Å². The summed E-state index contributed by atoms with van der Waals surface area (Å²) in [6, 6.07) is 9.49. The summed E-state index contributed by atoms with van der Waals surface area (Å²) in [6.07, 6.45) is 11.6. The van der Waals surface area contributed by atoms with Gasteiger partial charge in [0.1, 0.15) is 16.9 Å². The third-order valence-corrected chi connectivity index (χ3v) is 8.57. The van der Waals surface area contributed by atoms with Crippen molar-refractivity contribution in [3.8, 4) is 12.3 Å². The van der Waals surface area contributed by atoms with E-state index in [-0.39, 0.29) is 11.9 Å². The van der Waals surface area contributed by atoms with Gasteiger partial charge in [0.05, 0.1) is 0 Å². The number of nitrogens with zero attached hydrogens (tertiary/aromatic N) is 4. The predicted molar refractivity (Wildman–Crippen MR) is 153 cm³/mol. The van der Waals surface area contributed by atoms with Crippen molar-refractivity contribution in [2.24, 2.45) is 17.8 Å². The monoisotopic (exact) mass is 543 g/mol. The molecule has 2 atom stereocenters. The standard InChI is InChI=1S/C30H37N7O3/c1-4-19-13-15-20(16-14-19)17-37-23-25(32-18(2)21-9-8-10-21)34-27(24(31)33-29(38)39)35-26(23)36-28(37)30(3,40)22-11-6-5-7-12-22/h1,5-7,11-12,18-21,40H,8-10,13-17H2,2-3H3,(H2,31,33)(H,38,39)(H,32,34,35)/t18-,19-,20-,30?/m1/s1. The van der Waals surface area contributed by atoms with E-state index >= 15 is 0 Å². The molecule has 10 heteroatoms. The summed E-state index contributed by atoms with van der Waals surface area (Å²) in [5.41, 5.74) is 0.187. The summed E-state index contributed by atoms with van der Waals surface area (Å²) < 4.78 is 2.02. The molecule has 5 N–H and O–H groups in total. The molecular weight excluding hydrogens is 506 g/mol. The predicted octanol–water partition coefficient (Wildman–Crippen LogP) is 4.72. The van der Waals surface area contributed by atoms with Gasteiger partial charge >= 0.3 is 6.09 Å². The van der Waals surface area contributed by atoms with Crippen LogP contribution in [0, 0.1) is 35.5 Å². The molecule has 2 aliphatic carbocycles. The van der Waals surface area contributed by atoms with Crippen molar-refractivity contribution < 1.29 is 15.0 Å². The summed E-state index contributed by atoms with van der Waals surface area (Å²) in [7, 11) is 0. The molecule has 2 heterocycles. The fraction of sp³-hybridized carbons (Fsp3) is 0.500. The molecule has 210 valence electrons. The summed E-state index contributed by atoms with van der Waals surface area (Å²) in [4.78, 5) is 25.3. The third kappa shape index (κ3) is 5.52. The fourth-order valence-corrected chi connectivity index (χ4v) is 5.90. The maximum atomic E-state index is 11.9. The number of terminal acetylenes is 1. The number of amidine groups is 1. The van der Waals surface area contributed by atoms with Crippen molar-refractivity contribution in [2.75, 3.05) is 5.32 Å². The van der Waals surface area contributed by atoms with Gasteiger partial charge in [-0.25, -0.2) is 19.7 Å². The minimum atomic E-state index is -1.44. The van der Waals surface area contributed by atoms with Crippen LogP contribution in [0.4, 0.5) is 10.6 Å². The summed E-state index contributed by atoms with van der Waals surface area (Å²) in [5, 5.41) is 35.0. The van der Waals surface area contributed by atoms with E-state index in [1.807, 2.05) is 40.2 Å². The minimum absolute atomic E-state index is 0.0803. The number of fused-ring (bicyclic) bond motifs is 1. The SMILES string of the molecule is C#C[C@H]1CC[C@H](Cn2c(C(C)(O)c3ccccc3)nc3nc(C(=N)NC(=O)O)nc(N[C@H](C)C4CCC4)c32)CC1. The van der Waals surface area contributed by atoms with Crippen molar-refractivity contribution in [2.45, 2.75) is 77.0 Å². The van der Waals surface area contributed by atoms with Crippen LogP contribution in [0.1, 0.15) is 76.0 Å². The highest BCUT2D eigenvalue weighted by Gasteiger charge is 2.35. The Hall–Kier alpha value is -3.97. The number of hydrogen-bond donors (Lipinski definition) is 5. The Morgan fingerprint density at radius 1 is 1.18 bits per heavy atom. The summed E-state index contributed by atoms with van der Waals surface area (Å²) in [6.45, 7) is 4.44. The lowest BCUT2D eigenvalue weighted by molar-refractivity contribution is 0.0867. The largest absolute Gasteiger partial charge is 0.465 e. The van der Waals surface area contributed by atoms with E-state index in [4.69, 9.17) is 16.8 Å². The number of anilines is 1. The molecule has 2 fully saturated rings. The van der Waals surface area contributed by atoms with E-state index in [9.17, 15) is 15.0 Å². The van der Waals surface area contributed by atoms with Crippen LogP contribution in [0.15, 0.2) is 30.3 Å². The molecule has 0 aliphatic heterocycles. The Balaban J connectivity index is 1.66. The molecule has 0 spiro atoms. The lowest BCUT2D eigenvalue weighted by Gasteiger charge is -2.33. The number of carbonyl (C=O) groups is 1. The summed E-state index contributed by atoms with van der Waals surface area (Å²) >= 11 is 0. The molecule has 2 aliphatic rings. The van der Waals surface area contributed by atoms with E-state index in [0.29, 0.717) is 52.7 Å². The van der Waals surface area contributed by atoms with E-state index < -0.39 is 17.5 Å². The molecule has 1 unspecified atom stereocenters. The Bertz CT molecular complexity index is 1430. The van der Waals surface area contributed by atoms with Crippen molar-refractivity contribution in [3.63, 3.8) is 0 Å². The van der Waals surface area contributed by atoms with Gasteiger partial charge in [0.25, 0.3) is 0 Å². The second-order valence-corrected chi connectivity index (χ2v) is 11.4. The molecule has 2 saturated carbocycles. The Labute approximate surface area is 234 Å². The van der Waals surface area contributed by atoms with Crippen molar-refractivity contribution >= 4 is 28.9 Å². The number of nitrogens with one attached hydrogen (secondary N) is 3. The molecule has 3 aromatic rings. The van der Waals surface area contributed by atoms with Crippen LogP contribution in [0.5, 0.6) is 0 Å². The first-order chi connectivity index (χ1) is 19.2. The smallest absolute Gasteiger partial charge is 0.410 e. The van der Waals surface area contributed by atoms with Crippen LogP contribution >= 0.6 is 0 Å². The number of hydrogen-bond acceptors (Lipinski definition) is 7. The topological polar surface area (TPSA) is 149 Å². The molecule has 40 heavy (non-hydrogen) atoms. The zero-order valence-corrected chi connectivity index (χ0v) is 23.0. The van der Waals surface area contributed by atoms with Gasteiger partial charge < -0.3 is 20.1 Å². The van der Waals surface area contributed by atoms with Crippen molar-refractivity contribution in [1.29, 1.82) is 5.41 Å². The van der Waals surface area contributed by atoms with Gasteiger partial charge in [-0.3, -0.25) is 10.7 Å². The van der Waals surface area contributed by atoms with Gasteiger partial charge in [-0.1, -0.05) is 36.8 Å². The number of imidazole rings is 1. The first kappa shape index (κ1) is 27.6. The number of carboxylic acid groups (broad SMARTS) is 1. The average Bonchev–Trinajstić information content (AvgIpc) is 3.27. The normalized spacial score (nSPS) is 21.6. The van der Waals surface area contributed by atoms with E-state index in [1.54, 1.807) is 6.92 Å². The van der Waals surface area contributed by atoms with Gasteiger partial charge in [-0.05, 0) is 69.8 Å². The number of benzene rings is 1. The highest BCUT2D eigenvalue weighted by Crippen LogP contribution is 2.37. The maximum absolute atomic E-state index is 11.9. The van der Waals surface area contributed by atoms with Crippen LogP contribution in [-0.4, -0.2) is 47.7 Å². The first-order valence-electron chi connectivity index (χ1n) is 14.1. The zero-order chi connectivity index (χ0) is 28.4. The highest BCUT2D eigenvalue weighted by atomic mass is 16.4. The van der Waals surface area contributed by atoms with Crippen LogP contribution in [0.25, 0.3) is 11.2 Å². The van der Waals surface area contributed by atoms with Crippen molar-refractivity contribution in [3.05, 3.63) is 47.5 Å². The third-order valence-electron chi connectivity index (χ3n) is 8.57. The Morgan fingerprint density at radius 3 is 2.48 bits per heavy atom. The quantitative estimate of drug-likeness (QED) is 0.157. The van der Waals surface area contributed by atoms with Gasteiger partial charge in [0.15, 0.2) is 23.1 Å². The Morgan fingerprint density at radius 2 is 1.88 bits per heavy atom. The van der Waals surface area contributed by atoms with Crippen LogP contribution < -0.4 is 10.6 Å². The van der Waals surface area contributed by atoms with Crippen molar-refractivity contribution in [1.82, 2.24) is 24.8 Å². The number of aliphatic hydroxyl groups is 1. The maximum Gasteiger partial charge on any atom is 0.410 e.